The van der Waals surface area contributed by atoms with Gasteiger partial charge in [0.25, 0.3) is 5.91 Å². The van der Waals surface area contributed by atoms with E-state index in [1.54, 1.807) is 24.4 Å². The molecule has 1 N–H and O–H groups in total. The maximum Gasteiger partial charge on any atom is 0.271 e. The second-order valence-corrected chi connectivity index (χ2v) is 6.72. The number of halogens is 1. The largest absolute Gasteiger partial charge is 0.497 e. The highest BCUT2D eigenvalue weighted by molar-refractivity contribution is 6.30. The molecular formula is C23H21ClN2O4. The third kappa shape index (κ3) is 5.99. The van der Waals surface area contributed by atoms with Crippen LogP contribution in [0.4, 0.5) is 0 Å². The zero-order valence-corrected chi connectivity index (χ0v) is 17.3. The molecule has 0 heterocycles. The van der Waals surface area contributed by atoms with E-state index in [0.29, 0.717) is 28.7 Å². The Morgan fingerprint density at radius 3 is 2.30 bits per heavy atom. The van der Waals surface area contributed by atoms with E-state index >= 15 is 0 Å². The number of hydrogen-bond acceptors (Lipinski definition) is 5. The van der Waals surface area contributed by atoms with Crippen molar-refractivity contribution in [1.29, 1.82) is 0 Å². The molecular weight excluding hydrogens is 404 g/mol. The van der Waals surface area contributed by atoms with Gasteiger partial charge in [-0.2, -0.15) is 5.10 Å². The number of rotatable bonds is 8. The van der Waals surface area contributed by atoms with E-state index in [9.17, 15) is 4.79 Å². The lowest BCUT2D eigenvalue weighted by Crippen LogP contribution is -2.17. The van der Waals surface area contributed by atoms with Crippen LogP contribution in [-0.4, -0.2) is 26.3 Å². The minimum Gasteiger partial charge on any atom is -0.497 e. The first-order valence-corrected chi connectivity index (χ1v) is 9.49. The van der Waals surface area contributed by atoms with Gasteiger partial charge in [0.15, 0.2) is 0 Å². The minimum atomic E-state index is -0.370. The summed E-state index contributed by atoms with van der Waals surface area (Å²) in [5.74, 6) is 1.40. The fourth-order valence-electron chi connectivity index (χ4n) is 2.61. The minimum absolute atomic E-state index is 0.370. The normalized spacial score (nSPS) is 10.6. The Kier molecular flexibility index (Phi) is 7.29. The Morgan fingerprint density at radius 1 is 0.967 bits per heavy atom. The van der Waals surface area contributed by atoms with E-state index in [1.807, 2.05) is 48.5 Å². The molecule has 0 radical (unpaired) electrons. The van der Waals surface area contributed by atoms with Gasteiger partial charge < -0.3 is 14.2 Å². The molecule has 0 bridgehead atoms. The highest BCUT2D eigenvalue weighted by Crippen LogP contribution is 2.22. The molecule has 0 aliphatic heterocycles. The van der Waals surface area contributed by atoms with Crippen molar-refractivity contribution in [2.75, 3.05) is 14.2 Å². The molecule has 0 spiro atoms. The Hall–Kier alpha value is -3.51. The van der Waals surface area contributed by atoms with Crippen molar-refractivity contribution >= 4 is 23.7 Å². The molecule has 0 aromatic heterocycles. The predicted molar refractivity (Wildman–Crippen MR) is 117 cm³/mol. The Balaban J connectivity index is 1.55. The maximum atomic E-state index is 12.3. The van der Waals surface area contributed by atoms with Crippen molar-refractivity contribution < 1.29 is 19.0 Å². The van der Waals surface area contributed by atoms with E-state index in [-0.39, 0.29) is 5.91 Å². The fraction of sp³-hybridized carbons (Fsp3) is 0.130. The SMILES string of the molecule is COc1cc(OC)cc(C(=O)NN=Cc2ccc(OCc3cccc(Cl)c3)cc2)c1. The highest BCUT2D eigenvalue weighted by atomic mass is 35.5. The van der Waals surface area contributed by atoms with Crippen LogP contribution >= 0.6 is 11.6 Å². The number of carbonyl (C=O) groups excluding carboxylic acids is 1. The lowest BCUT2D eigenvalue weighted by Gasteiger charge is -2.07. The summed E-state index contributed by atoms with van der Waals surface area (Å²) < 4.78 is 16.1. The van der Waals surface area contributed by atoms with Crippen LogP contribution in [0.3, 0.4) is 0 Å². The van der Waals surface area contributed by atoms with Crippen molar-refractivity contribution in [2.24, 2.45) is 5.10 Å². The second-order valence-electron chi connectivity index (χ2n) is 6.29. The Labute approximate surface area is 180 Å². The zero-order valence-electron chi connectivity index (χ0n) is 16.6. The average molecular weight is 425 g/mol. The van der Waals surface area contributed by atoms with Crippen molar-refractivity contribution in [3.05, 3.63) is 88.4 Å². The van der Waals surface area contributed by atoms with Gasteiger partial charge in [0.05, 0.1) is 20.4 Å². The third-order valence-corrected chi connectivity index (χ3v) is 4.40. The number of hydrogen-bond donors (Lipinski definition) is 1. The predicted octanol–water partition coefficient (Wildman–Crippen LogP) is 4.70. The number of nitrogens with one attached hydrogen (secondary N) is 1. The summed E-state index contributed by atoms with van der Waals surface area (Å²) in [5, 5.41) is 4.68. The van der Waals surface area contributed by atoms with Crippen LogP contribution in [-0.2, 0) is 6.61 Å². The highest BCUT2D eigenvalue weighted by Gasteiger charge is 2.09. The molecule has 0 saturated carbocycles. The van der Waals surface area contributed by atoms with Gasteiger partial charge in [-0.1, -0.05) is 23.7 Å². The fourth-order valence-corrected chi connectivity index (χ4v) is 2.82. The summed E-state index contributed by atoms with van der Waals surface area (Å²) >= 11 is 5.97. The molecule has 7 heteroatoms. The van der Waals surface area contributed by atoms with Gasteiger partial charge in [-0.3, -0.25) is 4.79 Å². The number of hydrazone groups is 1. The summed E-state index contributed by atoms with van der Waals surface area (Å²) in [4.78, 5) is 12.3. The summed E-state index contributed by atoms with van der Waals surface area (Å²) in [5.41, 5.74) is 4.68. The third-order valence-electron chi connectivity index (χ3n) is 4.17. The first-order valence-electron chi connectivity index (χ1n) is 9.11. The summed E-state index contributed by atoms with van der Waals surface area (Å²) in [7, 11) is 3.05. The van der Waals surface area contributed by atoms with Crippen molar-refractivity contribution in [3.8, 4) is 17.2 Å². The van der Waals surface area contributed by atoms with Gasteiger partial charge in [-0.25, -0.2) is 5.43 Å². The smallest absolute Gasteiger partial charge is 0.271 e. The van der Waals surface area contributed by atoms with Gasteiger partial charge in [0.2, 0.25) is 0 Å². The molecule has 3 aromatic rings. The molecule has 6 nitrogen and oxygen atoms in total. The Bertz CT molecular complexity index is 1010. The quantitative estimate of drug-likeness (QED) is 0.420. The van der Waals surface area contributed by atoms with Gasteiger partial charge >= 0.3 is 0 Å². The summed E-state index contributed by atoms with van der Waals surface area (Å²) in [6.07, 6.45) is 1.55. The zero-order chi connectivity index (χ0) is 21.3. The van der Waals surface area contributed by atoms with Crippen molar-refractivity contribution in [1.82, 2.24) is 5.43 Å². The van der Waals surface area contributed by atoms with Gasteiger partial charge in [-0.15, -0.1) is 0 Å². The molecule has 0 aliphatic rings. The molecule has 1 amide bonds. The van der Waals surface area contributed by atoms with E-state index in [4.69, 9.17) is 25.8 Å². The van der Waals surface area contributed by atoms with Gasteiger partial charge in [0.1, 0.15) is 23.9 Å². The number of carbonyl (C=O) groups is 1. The molecule has 0 saturated heterocycles. The number of methoxy groups -OCH3 is 2. The lowest BCUT2D eigenvalue weighted by molar-refractivity contribution is 0.0954. The molecule has 0 aliphatic carbocycles. The van der Waals surface area contributed by atoms with E-state index in [1.165, 1.54) is 14.2 Å². The molecule has 0 fully saturated rings. The summed E-state index contributed by atoms with van der Waals surface area (Å²) in [6, 6.07) is 19.8. The first-order chi connectivity index (χ1) is 14.6. The molecule has 30 heavy (non-hydrogen) atoms. The lowest BCUT2D eigenvalue weighted by atomic mass is 10.2. The molecule has 0 atom stereocenters. The van der Waals surface area contributed by atoms with Crippen molar-refractivity contribution in [2.45, 2.75) is 6.61 Å². The molecule has 3 aromatic carbocycles. The molecule has 3 rings (SSSR count). The van der Waals surface area contributed by atoms with Crippen LogP contribution in [0.5, 0.6) is 17.2 Å². The van der Waals surface area contributed by atoms with E-state index in [2.05, 4.69) is 10.5 Å². The van der Waals surface area contributed by atoms with Crippen LogP contribution in [0.15, 0.2) is 71.8 Å². The second kappa shape index (κ2) is 10.3. The van der Waals surface area contributed by atoms with Gasteiger partial charge in [0, 0.05) is 16.7 Å². The van der Waals surface area contributed by atoms with Gasteiger partial charge in [-0.05, 0) is 59.7 Å². The van der Waals surface area contributed by atoms with Crippen LogP contribution in [0, 0.1) is 0 Å². The molecule has 154 valence electrons. The van der Waals surface area contributed by atoms with Crippen LogP contribution < -0.4 is 19.6 Å². The summed E-state index contributed by atoms with van der Waals surface area (Å²) in [6.45, 7) is 0.425. The monoisotopic (exact) mass is 424 g/mol. The van der Waals surface area contributed by atoms with E-state index in [0.717, 1.165) is 16.9 Å². The van der Waals surface area contributed by atoms with Crippen molar-refractivity contribution in [3.63, 3.8) is 0 Å². The van der Waals surface area contributed by atoms with E-state index < -0.39 is 0 Å². The topological polar surface area (TPSA) is 69.2 Å². The number of benzene rings is 3. The average Bonchev–Trinajstić information content (AvgIpc) is 2.78. The standard InChI is InChI=1S/C23H21ClN2O4/c1-28-21-11-18(12-22(13-21)29-2)23(27)26-25-14-16-6-8-20(9-7-16)30-15-17-4-3-5-19(24)10-17/h3-14H,15H2,1-2H3,(H,26,27). The first kappa shape index (κ1) is 21.2. The molecule has 0 unspecified atom stereocenters. The number of ether oxygens (including phenoxy) is 3. The Morgan fingerprint density at radius 2 is 1.67 bits per heavy atom. The van der Waals surface area contributed by atoms with Crippen LogP contribution in [0.1, 0.15) is 21.5 Å². The van der Waals surface area contributed by atoms with Crippen LogP contribution in [0.2, 0.25) is 5.02 Å². The number of nitrogens with zero attached hydrogens (tertiary/aromatic N) is 1. The number of amides is 1. The maximum absolute atomic E-state index is 12.3. The van der Waals surface area contributed by atoms with Crippen LogP contribution in [0.25, 0.3) is 0 Å².